The molecule has 0 bridgehead atoms. The van der Waals surface area contributed by atoms with Gasteiger partial charge in [0.2, 0.25) is 11.8 Å². The van der Waals surface area contributed by atoms with Crippen molar-refractivity contribution in [1.82, 2.24) is 35.3 Å². The van der Waals surface area contributed by atoms with Crippen molar-refractivity contribution in [3.63, 3.8) is 0 Å². The second kappa shape index (κ2) is 18.9. The molecule has 0 saturated heterocycles. The van der Waals surface area contributed by atoms with Crippen LogP contribution in [0.25, 0.3) is 17.3 Å². The first-order valence-electron chi connectivity index (χ1n) is 19.9. The van der Waals surface area contributed by atoms with Crippen LogP contribution in [-0.2, 0) is 30.3 Å². The maximum absolute atomic E-state index is 15.4. The van der Waals surface area contributed by atoms with Crippen LogP contribution < -0.4 is 10.6 Å². The number of carbonyl (C=O) groups is 5. The largest absolute Gasteiger partial charge is 0.462 e. The Labute approximate surface area is 357 Å². The summed E-state index contributed by atoms with van der Waals surface area (Å²) in [7, 11) is 0. The number of tetrazole rings is 1. The number of nitrogens with zero attached hydrogens (tertiary/aromatic N) is 6. The molecule has 3 heterocycles. The number of rotatable bonds is 11. The Balaban J connectivity index is 1.28. The first kappa shape index (κ1) is 44.1. The van der Waals surface area contributed by atoms with Crippen molar-refractivity contribution in [1.29, 1.82) is 0 Å². The van der Waals surface area contributed by atoms with Gasteiger partial charge in [0, 0.05) is 37.0 Å². The van der Waals surface area contributed by atoms with Crippen molar-refractivity contribution in [3.05, 3.63) is 112 Å². The number of hydrogen-bond acceptors (Lipinski definition) is 10. The van der Waals surface area contributed by atoms with E-state index < -0.39 is 47.4 Å². The summed E-state index contributed by atoms with van der Waals surface area (Å²) in [6, 6.07) is 12.8. The van der Waals surface area contributed by atoms with Crippen LogP contribution in [0.3, 0.4) is 0 Å². The average molecular weight is 855 g/mol. The molecular formula is C44H48ClFN8O7. The molecule has 15 nitrogen and oxygen atoms in total. The first-order valence-corrected chi connectivity index (χ1v) is 20.3. The molecule has 1 aromatic heterocycles. The van der Waals surface area contributed by atoms with Crippen molar-refractivity contribution >= 4 is 58.7 Å². The molecule has 17 heteroatoms. The van der Waals surface area contributed by atoms with Crippen LogP contribution in [0.5, 0.6) is 0 Å². The summed E-state index contributed by atoms with van der Waals surface area (Å²) in [4.78, 5) is 69.8. The monoisotopic (exact) mass is 854 g/mol. The van der Waals surface area contributed by atoms with Gasteiger partial charge >= 0.3 is 12.1 Å². The summed E-state index contributed by atoms with van der Waals surface area (Å²) in [5.41, 5.74) is 3.52. The third kappa shape index (κ3) is 10.7. The quantitative estimate of drug-likeness (QED) is 0.124. The van der Waals surface area contributed by atoms with E-state index in [1.54, 1.807) is 62.9 Å². The topological polar surface area (TPSA) is 178 Å². The highest BCUT2D eigenvalue weighted by atomic mass is 35.5. The highest BCUT2D eigenvalue weighted by Gasteiger charge is 2.37. The van der Waals surface area contributed by atoms with Crippen LogP contribution in [0.2, 0.25) is 5.02 Å². The van der Waals surface area contributed by atoms with Crippen LogP contribution in [0.4, 0.5) is 14.9 Å². The Morgan fingerprint density at radius 1 is 1.00 bits per heavy atom. The SMILES string of the molecule is CC(C)COC(=O)c1ccc(NC(=O)C2c3cccc(C4=CCN(C(=O)[C@H](C)NC(=O)OC(C)(C)C)CC4)c3CCN2C(=O)/C=C/c2c(-n3cnnn3)ccc(Cl)c2F)cc1. The molecule has 0 aliphatic carbocycles. The lowest BCUT2D eigenvalue weighted by Gasteiger charge is -2.37. The Morgan fingerprint density at radius 3 is 2.41 bits per heavy atom. The van der Waals surface area contributed by atoms with Gasteiger partial charge in [0.05, 0.1) is 22.9 Å². The van der Waals surface area contributed by atoms with Gasteiger partial charge in [-0.15, -0.1) is 5.10 Å². The maximum atomic E-state index is 15.4. The minimum atomic E-state index is -1.12. The highest BCUT2D eigenvalue weighted by molar-refractivity contribution is 6.31. The summed E-state index contributed by atoms with van der Waals surface area (Å²) < 4.78 is 27.3. The molecule has 0 fully saturated rings. The van der Waals surface area contributed by atoms with Crippen molar-refractivity contribution in [2.45, 2.75) is 72.1 Å². The van der Waals surface area contributed by atoms with Gasteiger partial charge in [0.25, 0.3) is 5.91 Å². The number of ether oxygens (including phenoxy) is 2. The predicted molar refractivity (Wildman–Crippen MR) is 226 cm³/mol. The number of fused-ring (bicyclic) bond motifs is 1. The zero-order valence-corrected chi connectivity index (χ0v) is 35.5. The molecule has 61 heavy (non-hydrogen) atoms. The molecule has 1 unspecified atom stereocenters. The van der Waals surface area contributed by atoms with Gasteiger partial charge in [-0.1, -0.05) is 49.7 Å². The number of aromatic nitrogens is 4. The van der Waals surface area contributed by atoms with Crippen LogP contribution in [-0.4, -0.2) is 97.7 Å². The second-order valence-corrected chi connectivity index (χ2v) is 16.5. The summed E-state index contributed by atoms with van der Waals surface area (Å²) >= 11 is 6.13. The van der Waals surface area contributed by atoms with Crippen molar-refractivity contribution in [2.75, 3.05) is 31.6 Å². The molecule has 2 atom stereocenters. The van der Waals surface area contributed by atoms with Crippen molar-refractivity contribution < 1.29 is 37.8 Å². The fraction of sp³-hybridized carbons (Fsp3) is 0.364. The van der Waals surface area contributed by atoms with Gasteiger partial charge in [-0.2, -0.15) is 4.68 Å². The van der Waals surface area contributed by atoms with E-state index in [-0.39, 0.29) is 41.3 Å². The molecule has 2 N–H and O–H groups in total. The molecule has 4 amide bonds. The predicted octanol–water partition coefficient (Wildman–Crippen LogP) is 6.57. The molecule has 3 aromatic carbocycles. The Bertz CT molecular complexity index is 2360. The molecule has 4 aromatic rings. The average Bonchev–Trinajstić information content (AvgIpc) is 3.77. The third-order valence-corrected chi connectivity index (χ3v) is 10.2. The molecule has 0 saturated carbocycles. The first-order chi connectivity index (χ1) is 29.0. The standard InChI is InChI=1S/C44H48ClFN8O7/c1-26(2)24-60-42(58)29-10-12-30(13-11-29)49-40(56)39-33-9-7-8-31(28-18-21-52(22-19-28)41(57)27(3)48-43(59)61-44(4,5)6)32(33)20-23-53(39)37(55)17-14-34-36(54-25-47-50-51-54)16-15-35(45)38(34)46/h7-18,25-27,39H,19-24H2,1-6H3,(H,48,59)(H,49,56)/b17-14+/t27-,39?/m0/s1. The fourth-order valence-corrected chi connectivity index (χ4v) is 7.25. The van der Waals surface area contributed by atoms with Gasteiger partial charge in [0.1, 0.15) is 24.0 Å². The number of halogens is 2. The number of carbonyl (C=O) groups excluding carboxylic acids is 5. The summed E-state index contributed by atoms with van der Waals surface area (Å²) in [6.45, 7) is 11.8. The molecule has 2 aliphatic heterocycles. The van der Waals surface area contributed by atoms with Crippen molar-refractivity contribution in [3.8, 4) is 5.69 Å². The number of benzene rings is 3. The van der Waals surface area contributed by atoms with Gasteiger partial charge in [-0.25, -0.2) is 14.0 Å². The van der Waals surface area contributed by atoms with E-state index in [2.05, 4.69) is 26.2 Å². The fourth-order valence-electron chi connectivity index (χ4n) is 7.09. The van der Waals surface area contributed by atoms with Gasteiger partial charge in [-0.05, 0) is 122 Å². The summed E-state index contributed by atoms with van der Waals surface area (Å²) in [5.74, 6) is -2.44. The molecule has 0 radical (unpaired) electrons. The number of nitrogens with one attached hydrogen (secondary N) is 2. The minimum absolute atomic E-state index is 0.0346. The van der Waals surface area contributed by atoms with Crippen LogP contribution in [0.1, 0.15) is 86.6 Å². The van der Waals surface area contributed by atoms with E-state index in [1.165, 1.54) is 40.2 Å². The second-order valence-electron chi connectivity index (χ2n) is 16.1. The number of esters is 1. The van der Waals surface area contributed by atoms with E-state index in [9.17, 15) is 24.0 Å². The molecule has 2 aliphatic rings. The summed E-state index contributed by atoms with van der Waals surface area (Å²) in [5, 5.41) is 16.4. The highest BCUT2D eigenvalue weighted by Crippen LogP contribution is 2.37. The normalized spacial score (nSPS) is 15.8. The smallest absolute Gasteiger partial charge is 0.408 e. The molecule has 6 rings (SSSR count). The Morgan fingerprint density at radius 2 is 1.75 bits per heavy atom. The Kier molecular flexibility index (Phi) is 13.7. The third-order valence-electron chi connectivity index (χ3n) is 9.96. The van der Waals surface area contributed by atoms with E-state index in [0.29, 0.717) is 42.7 Å². The van der Waals surface area contributed by atoms with Crippen LogP contribution >= 0.6 is 11.6 Å². The van der Waals surface area contributed by atoms with Gasteiger partial charge in [0.15, 0.2) is 5.82 Å². The van der Waals surface area contributed by atoms with Gasteiger partial charge in [-0.3, -0.25) is 14.4 Å². The number of amides is 4. The van der Waals surface area contributed by atoms with E-state index in [0.717, 1.165) is 16.7 Å². The van der Waals surface area contributed by atoms with E-state index >= 15 is 4.39 Å². The van der Waals surface area contributed by atoms with Gasteiger partial charge < -0.3 is 29.9 Å². The number of hydrogen-bond donors (Lipinski definition) is 2. The zero-order valence-electron chi connectivity index (χ0n) is 34.8. The van der Waals surface area contributed by atoms with E-state index in [4.69, 9.17) is 21.1 Å². The molecular weight excluding hydrogens is 807 g/mol. The number of anilines is 1. The van der Waals surface area contributed by atoms with E-state index in [1.807, 2.05) is 32.1 Å². The van der Waals surface area contributed by atoms with Crippen LogP contribution in [0, 0.1) is 11.7 Å². The maximum Gasteiger partial charge on any atom is 0.408 e. The summed E-state index contributed by atoms with van der Waals surface area (Å²) in [6.07, 6.45) is 5.92. The van der Waals surface area contributed by atoms with Crippen LogP contribution in [0.15, 0.2) is 73.1 Å². The lowest BCUT2D eigenvalue weighted by Crippen LogP contribution is -2.49. The molecule has 0 spiro atoms. The lowest BCUT2D eigenvalue weighted by molar-refractivity contribution is -0.135. The molecule has 320 valence electrons. The van der Waals surface area contributed by atoms with Crippen molar-refractivity contribution in [2.24, 2.45) is 5.92 Å². The zero-order chi connectivity index (χ0) is 44.0. The Hall–Kier alpha value is -6.42. The number of alkyl carbamates (subject to hydrolysis) is 1. The lowest BCUT2D eigenvalue weighted by atomic mass is 9.84. The minimum Gasteiger partial charge on any atom is -0.462 e.